The van der Waals surface area contributed by atoms with Crippen LogP contribution in [0.2, 0.25) is 0 Å². The Morgan fingerprint density at radius 3 is 1.88 bits per heavy atom. The highest BCUT2D eigenvalue weighted by Crippen LogP contribution is 2.25. The van der Waals surface area contributed by atoms with E-state index in [0.29, 0.717) is 0 Å². The van der Waals surface area contributed by atoms with Gasteiger partial charge in [-0.3, -0.25) is 0 Å². The van der Waals surface area contributed by atoms with Crippen LogP contribution in [0.1, 0.15) is 56.6 Å². The molecule has 2 aromatic carbocycles. The Labute approximate surface area is 162 Å². The van der Waals surface area contributed by atoms with Gasteiger partial charge in [-0.25, -0.2) is 0 Å². The predicted octanol–water partition coefficient (Wildman–Crippen LogP) is 7.54. The molecule has 0 atom stereocenters. The second-order valence-corrected chi connectivity index (χ2v) is 8.06. The van der Waals surface area contributed by atoms with Crippen LogP contribution in [0, 0.1) is 0 Å². The second-order valence-electron chi connectivity index (χ2n) is 6.23. The third kappa shape index (κ3) is 7.58. The molecular weight excluding hydrogens is 340 g/mol. The summed E-state index contributed by atoms with van der Waals surface area (Å²) in [6, 6.07) is 21.0. The van der Waals surface area contributed by atoms with Gasteiger partial charge < -0.3 is 0 Å². The SMILES string of the molecule is CCCCCCCCSC(=S)C=C(c1ccccc1)c1ccccc1. The van der Waals surface area contributed by atoms with Gasteiger partial charge in [0.2, 0.25) is 0 Å². The van der Waals surface area contributed by atoms with E-state index in [-0.39, 0.29) is 0 Å². The normalized spacial score (nSPS) is 10.4. The van der Waals surface area contributed by atoms with Crippen LogP contribution >= 0.6 is 24.0 Å². The van der Waals surface area contributed by atoms with E-state index >= 15 is 0 Å². The molecule has 0 heterocycles. The lowest BCUT2D eigenvalue weighted by Gasteiger charge is -2.09. The Bertz CT molecular complexity index is 603. The van der Waals surface area contributed by atoms with Crippen LogP contribution in [0.4, 0.5) is 0 Å². The molecule has 25 heavy (non-hydrogen) atoms. The molecule has 0 fully saturated rings. The van der Waals surface area contributed by atoms with Crippen molar-refractivity contribution in [3.8, 4) is 0 Å². The van der Waals surface area contributed by atoms with E-state index in [1.165, 1.54) is 55.2 Å². The standard InChI is InChI=1S/C23H28S2/c1-2-3-4-5-6-13-18-25-23(24)19-22(20-14-9-7-10-15-20)21-16-11-8-12-17-21/h7-12,14-17,19H,2-6,13,18H2,1H3. The molecule has 2 rings (SSSR count). The smallest absolute Gasteiger partial charge is 0.0712 e. The van der Waals surface area contributed by atoms with Crippen molar-refractivity contribution in [1.29, 1.82) is 0 Å². The molecule has 0 saturated heterocycles. The first-order valence-corrected chi connectivity index (χ1v) is 10.7. The minimum atomic E-state index is 0.983. The van der Waals surface area contributed by atoms with Crippen molar-refractivity contribution in [3.63, 3.8) is 0 Å². The molecule has 0 saturated carbocycles. The van der Waals surface area contributed by atoms with Crippen LogP contribution < -0.4 is 0 Å². The molecule has 0 aliphatic carbocycles. The number of unbranched alkanes of at least 4 members (excludes halogenated alkanes) is 5. The predicted molar refractivity (Wildman–Crippen MR) is 118 cm³/mol. The number of hydrogen-bond acceptors (Lipinski definition) is 2. The third-order valence-electron chi connectivity index (χ3n) is 4.17. The lowest BCUT2D eigenvalue weighted by molar-refractivity contribution is 0.627. The van der Waals surface area contributed by atoms with Crippen LogP contribution in [-0.4, -0.2) is 9.95 Å². The Balaban J connectivity index is 1.94. The summed E-state index contributed by atoms with van der Waals surface area (Å²) in [5.74, 6) is 1.12. The molecule has 0 aromatic heterocycles. The third-order valence-corrected chi connectivity index (χ3v) is 5.54. The summed E-state index contributed by atoms with van der Waals surface area (Å²) < 4.78 is 0.983. The maximum Gasteiger partial charge on any atom is 0.0712 e. The van der Waals surface area contributed by atoms with Crippen molar-refractivity contribution < 1.29 is 0 Å². The highest BCUT2D eigenvalue weighted by atomic mass is 32.2. The molecule has 0 radical (unpaired) electrons. The van der Waals surface area contributed by atoms with Gasteiger partial charge in [-0.15, -0.1) is 11.8 Å². The summed E-state index contributed by atoms with van der Waals surface area (Å²) in [7, 11) is 0. The zero-order valence-electron chi connectivity index (χ0n) is 15.1. The molecule has 0 aliphatic heterocycles. The van der Waals surface area contributed by atoms with Gasteiger partial charge in [0.25, 0.3) is 0 Å². The average Bonchev–Trinajstić information content (AvgIpc) is 2.67. The molecule has 132 valence electrons. The number of hydrogen-bond donors (Lipinski definition) is 0. The van der Waals surface area contributed by atoms with Gasteiger partial charge in [0, 0.05) is 0 Å². The summed E-state index contributed by atoms with van der Waals surface area (Å²) in [6.07, 6.45) is 10.2. The van der Waals surface area contributed by atoms with E-state index in [0.717, 1.165) is 9.95 Å². The molecular formula is C23H28S2. The van der Waals surface area contributed by atoms with Gasteiger partial charge in [0.15, 0.2) is 0 Å². The highest BCUT2D eigenvalue weighted by Gasteiger charge is 2.06. The number of thiocarbonyl (C=S) groups is 1. The first-order valence-electron chi connectivity index (χ1n) is 9.30. The van der Waals surface area contributed by atoms with Crippen molar-refractivity contribution >= 4 is 33.7 Å². The quantitative estimate of drug-likeness (QED) is 0.241. The molecule has 2 heteroatoms. The van der Waals surface area contributed by atoms with Crippen LogP contribution in [0.5, 0.6) is 0 Å². The summed E-state index contributed by atoms with van der Waals surface area (Å²) in [4.78, 5) is 0. The number of benzene rings is 2. The van der Waals surface area contributed by atoms with E-state index in [1.54, 1.807) is 0 Å². The van der Waals surface area contributed by atoms with E-state index in [4.69, 9.17) is 12.2 Å². The van der Waals surface area contributed by atoms with E-state index < -0.39 is 0 Å². The molecule has 0 aliphatic rings. The molecule has 0 nitrogen and oxygen atoms in total. The van der Waals surface area contributed by atoms with Crippen molar-refractivity contribution in [2.45, 2.75) is 45.4 Å². The summed E-state index contributed by atoms with van der Waals surface area (Å²) >= 11 is 7.45. The van der Waals surface area contributed by atoms with Crippen molar-refractivity contribution in [2.24, 2.45) is 0 Å². The maximum absolute atomic E-state index is 5.64. The molecule has 0 spiro atoms. The average molecular weight is 369 g/mol. The summed E-state index contributed by atoms with van der Waals surface area (Å²) in [5.41, 5.74) is 3.65. The minimum Gasteiger partial charge on any atom is -0.115 e. The Kier molecular flexibility index (Phi) is 9.61. The zero-order valence-corrected chi connectivity index (χ0v) is 16.8. The molecule has 0 amide bonds. The van der Waals surface area contributed by atoms with Crippen molar-refractivity contribution in [2.75, 3.05) is 5.75 Å². The first-order chi connectivity index (χ1) is 12.3. The van der Waals surface area contributed by atoms with Gasteiger partial charge in [-0.05, 0) is 34.9 Å². The van der Waals surface area contributed by atoms with Gasteiger partial charge in [-0.2, -0.15) is 0 Å². The molecule has 0 unspecified atom stereocenters. The van der Waals surface area contributed by atoms with Gasteiger partial charge >= 0.3 is 0 Å². The zero-order chi connectivity index (χ0) is 17.7. The molecule has 0 bridgehead atoms. The lowest BCUT2D eigenvalue weighted by atomic mass is 9.98. The van der Waals surface area contributed by atoms with Crippen molar-refractivity contribution in [3.05, 3.63) is 77.9 Å². The fraction of sp³-hybridized carbons (Fsp3) is 0.348. The fourth-order valence-corrected chi connectivity index (χ4v) is 3.90. The van der Waals surface area contributed by atoms with Gasteiger partial charge in [0.05, 0.1) is 4.20 Å². The molecule has 0 N–H and O–H groups in total. The second kappa shape index (κ2) is 12.1. The lowest BCUT2D eigenvalue weighted by Crippen LogP contribution is -1.93. The Morgan fingerprint density at radius 2 is 1.32 bits per heavy atom. The highest BCUT2D eigenvalue weighted by molar-refractivity contribution is 8.23. The monoisotopic (exact) mass is 368 g/mol. The van der Waals surface area contributed by atoms with Gasteiger partial charge in [-0.1, -0.05) is 112 Å². The van der Waals surface area contributed by atoms with Crippen LogP contribution in [0.15, 0.2) is 66.7 Å². The summed E-state index contributed by atoms with van der Waals surface area (Å²) in [5, 5.41) is 0. The largest absolute Gasteiger partial charge is 0.115 e. The van der Waals surface area contributed by atoms with E-state index in [9.17, 15) is 0 Å². The fourth-order valence-electron chi connectivity index (χ4n) is 2.78. The maximum atomic E-state index is 5.64. The number of rotatable bonds is 10. The van der Waals surface area contributed by atoms with Crippen LogP contribution in [-0.2, 0) is 0 Å². The minimum absolute atomic E-state index is 0.983. The van der Waals surface area contributed by atoms with Crippen LogP contribution in [0.25, 0.3) is 5.57 Å². The Morgan fingerprint density at radius 1 is 0.800 bits per heavy atom. The summed E-state index contributed by atoms with van der Waals surface area (Å²) in [6.45, 7) is 2.26. The van der Waals surface area contributed by atoms with Crippen molar-refractivity contribution in [1.82, 2.24) is 0 Å². The topological polar surface area (TPSA) is 0 Å². The first kappa shape index (κ1) is 19.9. The van der Waals surface area contributed by atoms with E-state index in [1.807, 2.05) is 11.8 Å². The van der Waals surface area contributed by atoms with Gasteiger partial charge in [0.1, 0.15) is 0 Å². The van der Waals surface area contributed by atoms with E-state index in [2.05, 4.69) is 73.7 Å². The van der Waals surface area contributed by atoms with Crippen LogP contribution in [0.3, 0.4) is 0 Å². The molecule has 2 aromatic rings. The Hall–Kier alpha value is -1.38. The number of thioether (sulfide) groups is 1.